The van der Waals surface area contributed by atoms with Gasteiger partial charge in [-0.05, 0) is 18.7 Å². The van der Waals surface area contributed by atoms with Crippen molar-refractivity contribution < 1.29 is 46.2 Å². The van der Waals surface area contributed by atoms with E-state index >= 15 is 4.39 Å². The molecule has 0 aromatic carbocycles. The molecule has 0 saturated carbocycles. The molecule has 7 rings (SSSR count). The van der Waals surface area contributed by atoms with Crippen molar-refractivity contribution in [1.29, 1.82) is 0 Å². The molecule has 0 amide bonds. The second-order valence-corrected chi connectivity index (χ2v) is 14.0. The summed E-state index contributed by atoms with van der Waals surface area (Å²) in [6.45, 7) is -3.40. The van der Waals surface area contributed by atoms with E-state index in [0.29, 0.717) is 5.82 Å². The Bertz CT molecular complexity index is 1970. The van der Waals surface area contributed by atoms with Crippen LogP contribution >= 0.6 is 14.2 Å². The molecule has 3 aliphatic heterocycles. The van der Waals surface area contributed by atoms with Crippen LogP contribution in [-0.4, -0.2) is 109 Å². The molecule has 10 atom stereocenters. The lowest BCUT2D eigenvalue weighted by Gasteiger charge is -2.30. The van der Waals surface area contributed by atoms with Crippen LogP contribution < -0.4 is 11.3 Å². The standard InChI is InChI=1S/C22H28BFN9O10P2S/c1-8-30-19-13(20(34)31-8)29-7-33(19)22-16-15(37-2)10(41-22)4-39-45(36,46)43-14-9(3-38-44(23,35)42-16)40-21(11(14)24)32-6-28-12-17(25)26-5-27-18(12)32/h5-7,9-11,14-16,21-22H,3-4H2,1-2,23H3,(H,36,46)(H2,25,26,27)(H,30,31,34)/q-1/t9?,10?,11?,14?,15?,16?,21?,22?,44-,45?/m1/s1. The van der Waals surface area contributed by atoms with E-state index in [-0.39, 0.29) is 34.8 Å². The molecule has 4 aromatic rings. The molecule has 0 aliphatic carbocycles. The van der Waals surface area contributed by atoms with Crippen LogP contribution in [-0.2, 0) is 48.7 Å². The molecule has 7 heterocycles. The highest BCUT2D eigenvalue weighted by Gasteiger charge is 2.53. The predicted octanol–water partition coefficient (Wildman–Crippen LogP) is -0.494. The van der Waals surface area contributed by atoms with E-state index in [0.717, 1.165) is 0 Å². The van der Waals surface area contributed by atoms with Crippen molar-refractivity contribution in [2.75, 3.05) is 26.1 Å². The number of ether oxygens (including phenoxy) is 3. The third-order valence-electron chi connectivity index (χ3n) is 7.52. The first-order valence-corrected chi connectivity index (χ1v) is 17.0. The van der Waals surface area contributed by atoms with Crippen LogP contribution in [0.15, 0.2) is 23.8 Å². The minimum Gasteiger partial charge on any atom is -0.382 e. The fourth-order valence-electron chi connectivity index (χ4n) is 5.54. The van der Waals surface area contributed by atoms with E-state index in [1.54, 1.807) is 6.92 Å². The number of hydrogen-bond acceptors (Lipinski definition) is 16. The monoisotopic (exact) mass is 702 g/mol. The number of nitrogens with two attached hydrogens (primary N) is 1. The molecule has 248 valence electrons. The number of methoxy groups -OCH3 is 1. The Morgan fingerprint density at radius 3 is 2.52 bits per heavy atom. The SMILES string of the molecule is [BH3-][P@@]1(=O)OCC2OC(n3cnc4c(N)ncnc43)C(F)C2OP(O)(=S)OCC2OC(n3cnc4c(=O)[nH]c(C)nc43)C(O1)C2OC. The summed E-state index contributed by atoms with van der Waals surface area (Å²) >= 11 is 5.27. The molecule has 3 saturated heterocycles. The van der Waals surface area contributed by atoms with Crippen LogP contribution in [0.3, 0.4) is 0 Å². The zero-order chi connectivity index (χ0) is 32.5. The van der Waals surface area contributed by atoms with Gasteiger partial charge in [-0.2, -0.15) is 0 Å². The summed E-state index contributed by atoms with van der Waals surface area (Å²) in [5.74, 6) is 0.415. The highest BCUT2D eigenvalue weighted by Crippen LogP contribution is 2.54. The van der Waals surface area contributed by atoms with Crippen molar-refractivity contribution in [3.05, 3.63) is 35.2 Å². The Kier molecular flexibility index (Phi) is 8.13. The first kappa shape index (κ1) is 31.8. The van der Waals surface area contributed by atoms with Crippen molar-refractivity contribution in [1.82, 2.24) is 39.0 Å². The first-order chi connectivity index (χ1) is 21.9. The number of nitrogen functional groups attached to an aromatic ring is 1. The fourth-order valence-corrected chi connectivity index (χ4v) is 7.72. The van der Waals surface area contributed by atoms with E-state index in [9.17, 15) is 14.3 Å². The number of imidazole rings is 2. The van der Waals surface area contributed by atoms with E-state index in [1.165, 1.54) is 35.2 Å². The summed E-state index contributed by atoms with van der Waals surface area (Å²) in [6.07, 6.45) is -6.23. The normalized spacial score (nSPS) is 37.2. The predicted molar refractivity (Wildman–Crippen MR) is 162 cm³/mol. The molecule has 3 aliphatic rings. The van der Waals surface area contributed by atoms with Gasteiger partial charge in [0.15, 0.2) is 41.3 Å². The maximum absolute atomic E-state index is 16.1. The van der Waals surface area contributed by atoms with E-state index in [1.807, 2.05) is 0 Å². The minimum absolute atomic E-state index is 0.0488. The van der Waals surface area contributed by atoms with Gasteiger partial charge in [0.1, 0.15) is 55.7 Å². The van der Waals surface area contributed by atoms with Crippen molar-refractivity contribution in [3.8, 4) is 0 Å². The molecule has 3 fully saturated rings. The molecule has 24 heteroatoms. The minimum atomic E-state index is -4.17. The van der Waals surface area contributed by atoms with Crippen molar-refractivity contribution in [3.63, 3.8) is 0 Å². The Morgan fingerprint density at radius 2 is 1.76 bits per heavy atom. The molecule has 19 nitrogen and oxygen atoms in total. The smallest absolute Gasteiger partial charge is 0.325 e. The van der Waals surface area contributed by atoms with Gasteiger partial charge in [0.2, 0.25) is 0 Å². The van der Waals surface area contributed by atoms with Gasteiger partial charge in [-0.15, -0.1) is 0 Å². The van der Waals surface area contributed by atoms with Gasteiger partial charge in [-0.3, -0.25) is 18.5 Å². The average Bonchev–Trinajstić information content (AvgIpc) is 3.75. The third-order valence-corrected chi connectivity index (χ3v) is 9.85. The molecule has 0 spiro atoms. The third kappa shape index (κ3) is 5.60. The number of hydrogen-bond donors (Lipinski definition) is 3. The van der Waals surface area contributed by atoms with Gasteiger partial charge in [-0.1, -0.05) is 0 Å². The number of alkyl halides is 1. The molecule has 9 unspecified atom stereocenters. The molecular formula is C22H28BFN9O10P2S-. The van der Waals surface area contributed by atoms with Crippen LogP contribution in [0, 0.1) is 6.92 Å². The number of H-pyrrole nitrogens is 1. The van der Waals surface area contributed by atoms with Gasteiger partial charge >= 0.3 is 6.72 Å². The summed E-state index contributed by atoms with van der Waals surface area (Å²) < 4.78 is 74.1. The van der Waals surface area contributed by atoms with E-state index < -0.39 is 83.1 Å². The second kappa shape index (κ2) is 11.7. The average molecular weight is 702 g/mol. The van der Waals surface area contributed by atoms with Gasteiger partial charge in [0.05, 0.1) is 33.4 Å². The van der Waals surface area contributed by atoms with Crippen LogP contribution in [0.5, 0.6) is 0 Å². The lowest BCUT2D eigenvalue weighted by atomic mass is 10.1. The lowest BCUT2D eigenvalue weighted by Crippen LogP contribution is -2.37. The van der Waals surface area contributed by atoms with Gasteiger partial charge < -0.3 is 48.0 Å². The first-order valence-electron chi connectivity index (χ1n) is 13.3. The number of rotatable bonds is 3. The Balaban J connectivity index is 1.22. The summed E-state index contributed by atoms with van der Waals surface area (Å²) in [4.78, 5) is 46.9. The second-order valence-electron chi connectivity index (χ2n) is 10.3. The highest BCUT2D eigenvalue weighted by atomic mass is 32.5. The Hall–Kier alpha value is -2.75. The summed E-state index contributed by atoms with van der Waals surface area (Å²) in [6, 6.07) is 0. The molecule has 2 bridgehead atoms. The number of halogens is 1. The van der Waals surface area contributed by atoms with Crippen LogP contribution in [0.1, 0.15) is 18.3 Å². The number of aromatic nitrogens is 8. The zero-order valence-electron chi connectivity index (χ0n) is 23.3. The molecule has 0 radical (unpaired) electrons. The number of aryl methyl sites for hydroxylation is 1. The number of nitrogens with zero attached hydrogens (tertiary/aromatic N) is 7. The Labute approximate surface area is 264 Å². The topological polar surface area (TPSA) is 235 Å². The maximum atomic E-state index is 16.1. The number of nitrogens with one attached hydrogen (secondary N) is 1. The van der Waals surface area contributed by atoms with Gasteiger partial charge in [0, 0.05) is 7.11 Å². The van der Waals surface area contributed by atoms with E-state index in [2.05, 4.69) is 29.9 Å². The van der Waals surface area contributed by atoms with Crippen LogP contribution in [0.25, 0.3) is 22.3 Å². The number of anilines is 1. The Morgan fingerprint density at radius 1 is 1.07 bits per heavy atom. The van der Waals surface area contributed by atoms with Crippen LogP contribution in [0.2, 0.25) is 0 Å². The maximum Gasteiger partial charge on any atom is 0.325 e. The zero-order valence-corrected chi connectivity index (χ0v) is 25.9. The van der Waals surface area contributed by atoms with Crippen molar-refractivity contribution >= 4 is 61.7 Å². The molecular weight excluding hydrogens is 674 g/mol. The largest absolute Gasteiger partial charge is 0.382 e. The molecule has 4 N–H and O–H groups in total. The van der Waals surface area contributed by atoms with Crippen LogP contribution in [0.4, 0.5) is 10.2 Å². The molecule has 4 aromatic heterocycles. The van der Waals surface area contributed by atoms with Crippen molar-refractivity contribution in [2.24, 2.45) is 0 Å². The van der Waals surface area contributed by atoms with Crippen molar-refractivity contribution in [2.45, 2.75) is 56.1 Å². The quantitative estimate of drug-likeness (QED) is 0.180. The number of aromatic amines is 1. The summed E-state index contributed by atoms with van der Waals surface area (Å²) in [5.41, 5.74) is 6.09. The highest BCUT2D eigenvalue weighted by molar-refractivity contribution is 8.07. The fraction of sp³-hybridized carbons (Fsp3) is 0.545. The summed E-state index contributed by atoms with van der Waals surface area (Å²) in [7, 11) is -3.57. The lowest BCUT2D eigenvalue weighted by molar-refractivity contribution is -0.0594. The summed E-state index contributed by atoms with van der Waals surface area (Å²) in [5, 5.41) is 0. The van der Waals surface area contributed by atoms with Gasteiger partial charge in [0.25, 0.3) is 5.56 Å². The molecule has 46 heavy (non-hydrogen) atoms. The number of fused-ring (bicyclic) bond motifs is 5. The van der Waals surface area contributed by atoms with Gasteiger partial charge in [-0.25, -0.2) is 29.3 Å². The van der Waals surface area contributed by atoms with E-state index in [4.69, 9.17) is 49.8 Å².